The number of benzene rings is 2. The molecule has 2 atom stereocenters. The summed E-state index contributed by atoms with van der Waals surface area (Å²) in [6.45, 7) is 3.45. The molecule has 10 heteroatoms. The number of rotatable bonds is 6. The summed E-state index contributed by atoms with van der Waals surface area (Å²) in [5, 5.41) is 0. The van der Waals surface area contributed by atoms with Gasteiger partial charge in [-0.3, -0.25) is 9.59 Å². The van der Waals surface area contributed by atoms with Crippen molar-refractivity contribution in [1.29, 1.82) is 0 Å². The predicted molar refractivity (Wildman–Crippen MR) is 141 cm³/mol. The SMILES string of the molecule is COC(=O)C1(C)CCC=C1S(=O)(=O)c1ccc(F)cc1.COC(=O)C1(C)CCC=C1Sc1ccc(F)cc1. The first-order valence-electron chi connectivity index (χ1n) is 11.9. The van der Waals surface area contributed by atoms with Crippen LogP contribution in [0.25, 0.3) is 0 Å². The number of methoxy groups -OCH3 is 2. The standard InChI is InChI=1S/C14H15FO4S.C14H15FO2S/c1-14(13(16)19-2)9-3-4-12(14)20(17,18)11-7-5-10(15)6-8-11;1-14(13(16)17-2)9-3-4-12(14)18-11-7-5-10(15)6-8-11/h4-8H,3,9H2,1-2H3;4-8H,3,9H2,1-2H3. The second-order valence-corrected chi connectivity index (χ2v) is 12.4. The lowest BCUT2D eigenvalue weighted by Gasteiger charge is -2.24. The lowest BCUT2D eigenvalue weighted by molar-refractivity contribution is -0.149. The van der Waals surface area contributed by atoms with E-state index in [-0.39, 0.29) is 21.6 Å². The van der Waals surface area contributed by atoms with Crippen molar-refractivity contribution in [3.63, 3.8) is 0 Å². The molecule has 6 nitrogen and oxygen atoms in total. The highest BCUT2D eigenvalue weighted by Gasteiger charge is 2.47. The first kappa shape index (κ1) is 29.6. The highest BCUT2D eigenvalue weighted by Crippen LogP contribution is 2.48. The summed E-state index contributed by atoms with van der Waals surface area (Å²) in [4.78, 5) is 25.7. The van der Waals surface area contributed by atoms with E-state index in [0.717, 1.165) is 34.8 Å². The van der Waals surface area contributed by atoms with Crippen LogP contribution >= 0.6 is 11.8 Å². The van der Waals surface area contributed by atoms with Gasteiger partial charge in [0.15, 0.2) is 0 Å². The van der Waals surface area contributed by atoms with Crippen LogP contribution in [0.2, 0.25) is 0 Å². The topological polar surface area (TPSA) is 86.7 Å². The largest absolute Gasteiger partial charge is 0.468 e. The fraction of sp³-hybridized carbons (Fsp3) is 0.357. The van der Waals surface area contributed by atoms with Crippen LogP contribution in [0.3, 0.4) is 0 Å². The van der Waals surface area contributed by atoms with Gasteiger partial charge in [-0.05, 0) is 88.1 Å². The van der Waals surface area contributed by atoms with Gasteiger partial charge in [0.25, 0.3) is 0 Å². The van der Waals surface area contributed by atoms with E-state index in [9.17, 15) is 26.8 Å². The molecule has 0 saturated carbocycles. The molecule has 0 saturated heterocycles. The summed E-state index contributed by atoms with van der Waals surface area (Å²) in [5.41, 5.74) is -1.74. The van der Waals surface area contributed by atoms with Gasteiger partial charge in [0, 0.05) is 9.80 Å². The maximum Gasteiger partial charge on any atom is 0.316 e. The summed E-state index contributed by atoms with van der Waals surface area (Å²) in [6, 6.07) is 10.8. The molecule has 0 aromatic heterocycles. The third-order valence-electron chi connectivity index (χ3n) is 6.76. The van der Waals surface area contributed by atoms with Gasteiger partial charge < -0.3 is 9.47 Å². The molecule has 0 radical (unpaired) electrons. The van der Waals surface area contributed by atoms with Crippen LogP contribution in [0.5, 0.6) is 0 Å². The molecule has 2 unspecified atom stereocenters. The minimum absolute atomic E-state index is 0.0258. The quantitative estimate of drug-likeness (QED) is 0.304. The van der Waals surface area contributed by atoms with Crippen LogP contribution in [-0.2, 0) is 28.9 Å². The van der Waals surface area contributed by atoms with E-state index in [1.807, 2.05) is 6.92 Å². The van der Waals surface area contributed by atoms with E-state index < -0.39 is 32.5 Å². The molecule has 0 spiro atoms. The van der Waals surface area contributed by atoms with E-state index >= 15 is 0 Å². The zero-order chi connectivity index (χ0) is 28.1. The summed E-state index contributed by atoms with van der Waals surface area (Å²) in [5.74, 6) is -1.55. The van der Waals surface area contributed by atoms with E-state index in [1.165, 1.54) is 56.3 Å². The van der Waals surface area contributed by atoms with Crippen molar-refractivity contribution >= 4 is 33.5 Å². The first-order valence-corrected chi connectivity index (χ1v) is 14.2. The van der Waals surface area contributed by atoms with Crippen LogP contribution in [0.1, 0.15) is 39.5 Å². The molecule has 0 heterocycles. The third kappa shape index (κ3) is 6.02. The molecule has 2 aliphatic carbocycles. The fourth-order valence-corrected chi connectivity index (χ4v) is 7.47. The number of thioether (sulfide) groups is 1. The van der Waals surface area contributed by atoms with Crippen LogP contribution in [0.15, 0.2) is 80.3 Å². The smallest absolute Gasteiger partial charge is 0.316 e. The highest BCUT2D eigenvalue weighted by atomic mass is 32.2. The molecule has 38 heavy (non-hydrogen) atoms. The minimum Gasteiger partial charge on any atom is -0.468 e. The van der Waals surface area contributed by atoms with Crippen molar-refractivity contribution in [2.75, 3.05) is 14.2 Å². The normalized spacial score (nSPS) is 22.6. The Balaban J connectivity index is 0.000000212. The van der Waals surface area contributed by atoms with Crippen molar-refractivity contribution in [2.45, 2.75) is 49.3 Å². The molecule has 204 valence electrons. The Morgan fingerprint density at radius 2 is 1.26 bits per heavy atom. The average Bonchev–Trinajstić information content (AvgIpc) is 3.49. The monoisotopic (exact) mass is 564 g/mol. The summed E-state index contributed by atoms with van der Waals surface area (Å²) in [7, 11) is -1.19. The molecule has 4 rings (SSSR count). The van der Waals surface area contributed by atoms with Gasteiger partial charge in [0.2, 0.25) is 9.84 Å². The number of hydrogen-bond acceptors (Lipinski definition) is 7. The number of carbonyl (C=O) groups is 2. The summed E-state index contributed by atoms with van der Waals surface area (Å²) in [6.07, 6.45) is 6.11. The highest BCUT2D eigenvalue weighted by molar-refractivity contribution is 8.03. The van der Waals surface area contributed by atoms with Gasteiger partial charge in [-0.1, -0.05) is 23.9 Å². The van der Waals surface area contributed by atoms with Crippen LogP contribution < -0.4 is 0 Å². The number of halogens is 2. The molecule has 0 aliphatic heterocycles. The predicted octanol–water partition coefficient (Wildman–Crippen LogP) is 6.23. The zero-order valence-corrected chi connectivity index (χ0v) is 23.3. The number of sulfone groups is 1. The maximum atomic E-state index is 12.9. The summed E-state index contributed by atoms with van der Waals surface area (Å²) < 4.78 is 60.5. The number of esters is 2. The Hall–Kier alpha value is -2.98. The lowest BCUT2D eigenvalue weighted by Crippen LogP contribution is -2.32. The van der Waals surface area contributed by atoms with Crippen molar-refractivity contribution < 1.29 is 36.3 Å². The number of allylic oxidation sites excluding steroid dienone is 2. The van der Waals surface area contributed by atoms with Gasteiger partial charge >= 0.3 is 11.9 Å². The lowest BCUT2D eigenvalue weighted by atomic mass is 9.90. The number of carbonyl (C=O) groups excluding carboxylic acids is 2. The van der Waals surface area contributed by atoms with Crippen molar-refractivity contribution in [3.05, 3.63) is 82.1 Å². The number of hydrogen-bond donors (Lipinski definition) is 0. The van der Waals surface area contributed by atoms with Crippen molar-refractivity contribution in [3.8, 4) is 0 Å². The molecule has 0 amide bonds. The number of ether oxygens (including phenoxy) is 2. The Morgan fingerprint density at radius 1 is 0.789 bits per heavy atom. The van der Waals surface area contributed by atoms with Crippen LogP contribution in [0, 0.1) is 22.5 Å². The average molecular weight is 565 g/mol. The maximum absolute atomic E-state index is 12.9. The Labute approximate surface area is 226 Å². The molecule has 2 aromatic rings. The zero-order valence-electron chi connectivity index (χ0n) is 21.6. The molecule has 2 aliphatic rings. The van der Waals surface area contributed by atoms with Crippen molar-refractivity contribution in [2.24, 2.45) is 10.8 Å². The third-order valence-corrected chi connectivity index (χ3v) is 10.2. The van der Waals surface area contributed by atoms with Gasteiger partial charge in [-0.25, -0.2) is 17.2 Å². The Kier molecular flexibility index (Phi) is 9.20. The molecule has 0 N–H and O–H groups in total. The molecule has 2 aromatic carbocycles. The minimum atomic E-state index is -3.82. The molecule has 0 fully saturated rings. The molecular formula is C28H30F2O6S2. The Bertz CT molecular complexity index is 1350. The van der Waals surface area contributed by atoms with Gasteiger partial charge in [-0.2, -0.15) is 0 Å². The fourth-order valence-electron chi connectivity index (χ4n) is 4.47. The van der Waals surface area contributed by atoms with E-state index in [1.54, 1.807) is 19.1 Å². The summed E-state index contributed by atoms with van der Waals surface area (Å²) >= 11 is 1.50. The Morgan fingerprint density at radius 3 is 1.82 bits per heavy atom. The van der Waals surface area contributed by atoms with Gasteiger partial charge in [0.05, 0.1) is 29.4 Å². The van der Waals surface area contributed by atoms with E-state index in [4.69, 9.17) is 9.47 Å². The van der Waals surface area contributed by atoms with Crippen molar-refractivity contribution in [1.82, 2.24) is 0 Å². The van der Waals surface area contributed by atoms with Gasteiger partial charge in [0.1, 0.15) is 17.0 Å². The first-order chi connectivity index (χ1) is 17.9. The molecular weight excluding hydrogens is 534 g/mol. The second kappa shape index (κ2) is 11.8. The second-order valence-electron chi connectivity index (χ2n) is 9.37. The van der Waals surface area contributed by atoms with Crippen LogP contribution in [0.4, 0.5) is 8.78 Å². The van der Waals surface area contributed by atoms with E-state index in [2.05, 4.69) is 6.08 Å². The van der Waals surface area contributed by atoms with E-state index in [0.29, 0.717) is 12.8 Å². The van der Waals surface area contributed by atoms with Crippen LogP contribution in [-0.4, -0.2) is 34.6 Å². The van der Waals surface area contributed by atoms with Gasteiger partial charge in [-0.15, -0.1) is 0 Å². The molecule has 0 bridgehead atoms.